The molecule has 154 valence electrons. The molecule has 1 aliphatic rings. The van der Waals surface area contributed by atoms with Crippen molar-refractivity contribution in [2.75, 3.05) is 18.1 Å². The Balaban J connectivity index is 1.56. The first kappa shape index (κ1) is 21.0. The number of carbonyl (C=O) groups excluding carboxylic acids is 2. The lowest BCUT2D eigenvalue weighted by Gasteiger charge is -2.15. The molecule has 3 N–H and O–H groups in total. The van der Waals surface area contributed by atoms with Crippen LogP contribution in [0.15, 0.2) is 53.4 Å². The van der Waals surface area contributed by atoms with Crippen molar-refractivity contribution >= 4 is 27.3 Å². The van der Waals surface area contributed by atoms with Gasteiger partial charge in [-0.05, 0) is 49.6 Å². The summed E-state index contributed by atoms with van der Waals surface area (Å²) in [7, 11) is -3.24. The van der Waals surface area contributed by atoms with Crippen molar-refractivity contribution in [3.8, 4) is 0 Å². The van der Waals surface area contributed by atoms with E-state index in [1.807, 2.05) is 6.92 Å². The Kier molecular flexibility index (Phi) is 6.34. The van der Waals surface area contributed by atoms with Crippen LogP contribution in [-0.2, 0) is 14.6 Å². The van der Waals surface area contributed by atoms with Crippen molar-refractivity contribution in [2.24, 2.45) is 0 Å². The number of amides is 2. The zero-order chi connectivity index (χ0) is 21.0. The second-order valence-electron chi connectivity index (χ2n) is 7.29. The summed E-state index contributed by atoms with van der Waals surface area (Å²) in [5.74, 6) is -0.452. The van der Waals surface area contributed by atoms with Gasteiger partial charge >= 0.3 is 0 Å². The SMILES string of the molecule is C[C@H](NCC(=O)Nc1ccccc1C(=O)NC1CC1)c1ccc(S(C)(=O)=O)cc1. The van der Waals surface area contributed by atoms with Gasteiger partial charge in [0.2, 0.25) is 5.91 Å². The minimum absolute atomic E-state index is 0.0492. The van der Waals surface area contributed by atoms with E-state index in [0.717, 1.165) is 24.7 Å². The van der Waals surface area contributed by atoms with E-state index < -0.39 is 9.84 Å². The molecule has 0 spiro atoms. The molecule has 0 bridgehead atoms. The lowest BCUT2D eigenvalue weighted by Crippen LogP contribution is -2.31. The van der Waals surface area contributed by atoms with Crippen LogP contribution in [0.4, 0.5) is 5.69 Å². The zero-order valence-corrected chi connectivity index (χ0v) is 17.3. The molecule has 1 atom stereocenters. The molecule has 2 aromatic carbocycles. The van der Waals surface area contributed by atoms with E-state index in [9.17, 15) is 18.0 Å². The van der Waals surface area contributed by atoms with E-state index in [2.05, 4.69) is 16.0 Å². The molecular formula is C21H25N3O4S. The van der Waals surface area contributed by atoms with Crippen LogP contribution in [0.5, 0.6) is 0 Å². The van der Waals surface area contributed by atoms with Gasteiger partial charge in [-0.1, -0.05) is 24.3 Å². The fourth-order valence-corrected chi connectivity index (χ4v) is 3.47. The van der Waals surface area contributed by atoms with Gasteiger partial charge in [0.25, 0.3) is 5.91 Å². The number of hydrogen-bond donors (Lipinski definition) is 3. The molecule has 7 nitrogen and oxygen atoms in total. The smallest absolute Gasteiger partial charge is 0.253 e. The van der Waals surface area contributed by atoms with Crippen LogP contribution in [0, 0.1) is 0 Å². The van der Waals surface area contributed by atoms with Crippen molar-refractivity contribution in [2.45, 2.75) is 36.7 Å². The third kappa shape index (κ3) is 5.88. The largest absolute Gasteiger partial charge is 0.349 e. The molecule has 1 fully saturated rings. The fourth-order valence-electron chi connectivity index (χ4n) is 2.84. The van der Waals surface area contributed by atoms with Crippen LogP contribution < -0.4 is 16.0 Å². The highest BCUT2D eigenvalue weighted by atomic mass is 32.2. The average molecular weight is 416 g/mol. The van der Waals surface area contributed by atoms with Gasteiger partial charge in [0.05, 0.1) is 22.7 Å². The van der Waals surface area contributed by atoms with Crippen LogP contribution >= 0.6 is 0 Å². The maximum absolute atomic E-state index is 12.4. The van der Waals surface area contributed by atoms with Crippen molar-refractivity contribution < 1.29 is 18.0 Å². The monoisotopic (exact) mass is 415 g/mol. The average Bonchev–Trinajstić information content (AvgIpc) is 3.50. The summed E-state index contributed by atoms with van der Waals surface area (Å²) in [6.45, 7) is 1.94. The molecular weight excluding hydrogens is 390 g/mol. The van der Waals surface area contributed by atoms with E-state index >= 15 is 0 Å². The Labute approximate surface area is 170 Å². The Hall–Kier alpha value is -2.71. The topological polar surface area (TPSA) is 104 Å². The summed E-state index contributed by atoms with van der Waals surface area (Å²) in [6, 6.07) is 13.6. The standard InChI is InChI=1S/C21H25N3O4S/c1-14(15-7-11-17(12-8-15)29(2,27)28)22-13-20(25)24-19-6-4-3-5-18(19)21(26)23-16-9-10-16/h3-8,11-12,14,16,22H,9-10,13H2,1-2H3,(H,23,26)(H,24,25)/t14-/m0/s1. The highest BCUT2D eigenvalue weighted by molar-refractivity contribution is 7.90. The third-order valence-corrected chi connectivity index (χ3v) is 5.86. The summed E-state index contributed by atoms with van der Waals surface area (Å²) in [6.07, 6.45) is 3.15. The van der Waals surface area contributed by atoms with Gasteiger partial charge < -0.3 is 16.0 Å². The molecule has 29 heavy (non-hydrogen) atoms. The predicted molar refractivity (Wildman–Crippen MR) is 112 cm³/mol. The van der Waals surface area contributed by atoms with E-state index in [0.29, 0.717) is 11.3 Å². The van der Waals surface area contributed by atoms with Crippen molar-refractivity contribution in [3.63, 3.8) is 0 Å². The van der Waals surface area contributed by atoms with E-state index in [-0.39, 0.29) is 35.3 Å². The van der Waals surface area contributed by atoms with Gasteiger partial charge in [0.1, 0.15) is 0 Å². The summed E-state index contributed by atoms with van der Waals surface area (Å²) >= 11 is 0. The minimum atomic E-state index is -3.24. The zero-order valence-electron chi connectivity index (χ0n) is 16.4. The number of benzene rings is 2. The third-order valence-electron chi connectivity index (χ3n) is 4.74. The van der Waals surface area contributed by atoms with Crippen LogP contribution in [0.25, 0.3) is 0 Å². The highest BCUT2D eigenvalue weighted by Gasteiger charge is 2.25. The van der Waals surface area contributed by atoms with Crippen LogP contribution in [-0.4, -0.2) is 39.1 Å². The molecule has 0 radical (unpaired) electrons. The van der Waals surface area contributed by atoms with Gasteiger partial charge in [-0.3, -0.25) is 9.59 Å². The van der Waals surface area contributed by atoms with E-state index in [4.69, 9.17) is 0 Å². The number of sulfone groups is 1. The molecule has 2 amide bonds. The summed E-state index contributed by atoms with van der Waals surface area (Å²) in [5.41, 5.74) is 1.79. The summed E-state index contributed by atoms with van der Waals surface area (Å²) in [4.78, 5) is 24.9. The van der Waals surface area contributed by atoms with Crippen LogP contribution in [0.3, 0.4) is 0 Å². The van der Waals surface area contributed by atoms with Gasteiger partial charge in [-0.25, -0.2) is 8.42 Å². The Morgan fingerprint density at radius 1 is 1.07 bits per heavy atom. The molecule has 1 saturated carbocycles. The predicted octanol–water partition coefficient (Wildman–Crippen LogP) is 2.27. The molecule has 2 aromatic rings. The van der Waals surface area contributed by atoms with Crippen molar-refractivity contribution in [1.29, 1.82) is 0 Å². The minimum Gasteiger partial charge on any atom is -0.349 e. The first-order valence-electron chi connectivity index (χ1n) is 9.47. The van der Waals surface area contributed by atoms with E-state index in [1.54, 1.807) is 48.5 Å². The maximum atomic E-state index is 12.4. The molecule has 0 aromatic heterocycles. The molecule has 0 saturated heterocycles. The number of para-hydroxylation sites is 1. The first-order valence-corrected chi connectivity index (χ1v) is 11.4. The van der Waals surface area contributed by atoms with Crippen LogP contribution in [0.1, 0.15) is 41.7 Å². The molecule has 1 aliphatic carbocycles. The lowest BCUT2D eigenvalue weighted by molar-refractivity contribution is -0.115. The van der Waals surface area contributed by atoms with Gasteiger partial charge in [0, 0.05) is 18.3 Å². The Morgan fingerprint density at radius 3 is 2.34 bits per heavy atom. The Morgan fingerprint density at radius 2 is 1.72 bits per heavy atom. The quantitative estimate of drug-likeness (QED) is 0.614. The number of hydrogen-bond acceptors (Lipinski definition) is 5. The number of nitrogens with one attached hydrogen (secondary N) is 3. The number of anilines is 1. The molecule has 3 rings (SSSR count). The number of carbonyl (C=O) groups is 2. The normalized spacial score (nSPS) is 14.8. The van der Waals surface area contributed by atoms with Gasteiger partial charge in [-0.2, -0.15) is 0 Å². The molecule has 8 heteroatoms. The second-order valence-corrected chi connectivity index (χ2v) is 9.30. The number of rotatable bonds is 8. The summed E-state index contributed by atoms with van der Waals surface area (Å²) < 4.78 is 23.1. The first-order chi connectivity index (χ1) is 13.7. The highest BCUT2D eigenvalue weighted by Crippen LogP contribution is 2.21. The van der Waals surface area contributed by atoms with Gasteiger partial charge in [-0.15, -0.1) is 0 Å². The molecule has 0 unspecified atom stereocenters. The lowest BCUT2D eigenvalue weighted by atomic mass is 10.1. The summed E-state index contributed by atoms with van der Waals surface area (Å²) in [5, 5.41) is 8.81. The van der Waals surface area contributed by atoms with Gasteiger partial charge in [0.15, 0.2) is 9.84 Å². The maximum Gasteiger partial charge on any atom is 0.253 e. The Bertz CT molecular complexity index is 999. The molecule has 0 heterocycles. The van der Waals surface area contributed by atoms with Crippen molar-refractivity contribution in [3.05, 3.63) is 59.7 Å². The second kappa shape index (κ2) is 8.75. The fraction of sp³-hybridized carbons (Fsp3) is 0.333. The van der Waals surface area contributed by atoms with E-state index in [1.165, 1.54) is 0 Å². The van der Waals surface area contributed by atoms with Crippen LogP contribution in [0.2, 0.25) is 0 Å². The van der Waals surface area contributed by atoms with Crippen molar-refractivity contribution in [1.82, 2.24) is 10.6 Å². The molecule has 0 aliphatic heterocycles.